The van der Waals surface area contributed by atoms with Gasteiger partial charge in [0.05, 0.1) is 12.1 Å². The third-order valence-electron chi connectivity index (χ3n) is 2.42. The Morgan fingerprint density at radius 2 is 2.12 bits per heavy atom. The molecule has 0 bridgehead atoms. The van der Waals surface area contributed by atoms with Crippen molar-refractivity contribution in [2.45, 2.75) is 26.7 Å². The van der Waals surface area contributed by atoms with Gasteiger partial charge in [0.2, 0.25) is 5.91 Å². The Bertz CT molecular complexity index is 372. The minimum Gasteiger partial charge on any atom is -0.445 e. The zero-order chi connectivity index (χ0) is 12.8. The number of carbonyl (C=O) groups is 1. The summed E-state index contributed by atoms with van der Waals surface area (Å²) in [7, 11) is 4.03. The fourth-order valence-electron chi connectivity index (χ4n) is 1.57. The molecular formula is C12H21N3O2. The number of aryl methyl sites for hydroxylation is 2. The minimum absolute atomic E-state index is 0.0111. The van der Waals surface area contributed by atoms with E-state index in [1.807, 2.05) is 21.0 Å². The van der Waals surface area contributed by atoms with Crippen LogP contribution in [0.3, 0.4) is 0 Å². The van der Waals surface area contributed by atoms with Gasteiger partial charge in [0, 0.05) is 13.5 Å². The van der Waals surface area contributed by atoms with Crippen LogP contribution < -0.4 is 5.32 Å². The van der Waals surface area contributed by atoms with Gasteiger partial charge in [-0.1, -0.05) is 0 Å². The number of carbonyl (C=O) groups excluding carboxylic acids is 1. The van der Waals surface area contributed by atoms with Gasteiger partial charge in [-0.3, -0.25) is 4.79 Å². The highest BCUT2D eigenvalue weighted by Crippen LogP contribution is 2.09. The van der Waals surface area contributed by atoms with Crippen LogP contribution in [0.25, 0.3) is 0 Å². The fraction of sp³-hybridized carbons (Fsp3) is 0.667. The van der Waals surface area contributed by atoms with Gasteiger partial charge in [0.15, 0.2) is 5.89 Å². The second-order valence-corrected chi connectivity index (χ2v) is 4.43. The molecule has 1 rings (SSSR count). The molecular weight excluding hydrogens is 218 g/mol. The van der Waals surface area contributed by atoms with Crippen LogP contribution in [0.4, 0.5) is 0 Å². The second-order valence-electron chi connectivity index (χ2n) is 4.43. The summed E-state index contributed by atoms with van der Waals surface area (Å²) in [6, 6.07) is 0. The topological polar surface area (TPSA) is 58.4 Å². The molecule has 96 valence electrons. The van der Waals surface area contributed by atoms with E-state index in [0.717, 1.165) is 18.7 Å². The van der Waals surface area contributed by atoms with Crippen molar-refractivity contribution in [1.29, 1.82) is 0 Å². The number of oxazole rings is 1. The largest absolute Gasteiger partial charge is 0.445 e. The predicted molar refractivity (Wildman–Crippen MR) is 65.9 cm³/mol. The lowest BCUT2D eigenvalue weighted by Gasteiger charge is -2.09. The Hall–Kier alpha value is -1.36. The molecule has 1 amide bonds. The lowest BCUT2D eigenvalue weighted by Crippen LogP contribution is -2.28. The average Bonchev–Trinajstić information content (AvgIpc) is 2.52. The highest BCUT2D eigenvalue weighted by atomic mass is 16.4. The summed E-state index contributed by atoms with van der Waals surface area (Å²) >= 11 is 0. The molecule has 1 aromatic rings. The fourth-order valence-corrected chi connectivity index (χ4v) is 1.57. The first kappa shape index (κ1) is 13.7. The number of nitrogens with zero attached hydrogens (tertiary/aromatic N) is 2. The molecule has 0 spiro atoms. The van der Waals surface area contributed by atoms with Crippen molar-refractivity contribution < 1.29 is 9.21 Å². The molecule has 5 nitrogen and oxygen atoms in total. The van der Waals surface area contributed by atoms with Gasteiger partial charge in [0.25, 0.3) is 0 Å². The van der Waals surface area contributed by atoms with E-state index in [-0.39, 0.29) is 12.3 Å². The smallest absolute Gasteiger partial charge is 0.227 e. The SMILES string of the molecule is Cc1nc(C)c(CC(=O)NCCCN(C)C)o1. The van der Waals surface area contributed by atoms with E-state index in [0.29, 0.717) is 18.2 Å². The van der Waals surface area contributed by atoms with E-state index in [1.54, 1.807) is 6.92 Å². The van der Waals surface area contributed by atoms with E-state index in [4.69, 9.17) is 4.42 Å². The molecule has 5 heteroatoms. The normalized spacial score (nSPS) is 10.9. The molecule has 0 atom stereocenters. The highest BCUT2D eigenvalue weighted by molar-refractivity contribution is 5.78. The van der Waals surface area contributed by atoms with Gasteiger partial charge >= 0.3 is 0 Å². The molecule has 0 fully saturated rings. The molecule has 1 heterocycles. The third kappa shape index (κ3) is 4.99. The first-order valence-corrected chi connectivity index (χ1v) is 5.83. The van der Waals surface area contributed by atoms with Gasteiger partial charge in [-0.2, -0.15) is 0 Å². The van der Waals surface area contributed by atoms with E-state index in [1.165, 1.54) is 0 Å². The van der Waals surface area contributed by atoms with Crippen molar-refractivity contribution in [2.24, 2.45) is 0 Å². The Balaban J connectivity index is 2.28. The van der Waals surface area contributed by atoms with Crippen molar-refractivity contribution >= 4 is 5.91 Å². The van der Waals surface area contributed by atoms with E-state index in [2.05, 4.69) is 15.2 Å². The Kier molecular flexibility index (Phi) is 5.15. The van der Waals surface area contributed by atoms with Gasteiger partial charge in [0.1, 0.15) is 5.76 Å². The summed E-state index contributed by atoms with van der Waals surface area (Å²) in [5.74, 6) is 1.26. The number of hydrogen-bond acceptors (Lipinski definition) is 4. The van der Waals surface area contributed by atoms with E-state index < -0.39 is 0 Å². The Morgan fingerprint density at radius 3 is 2.65 bits per heavy atom. The molecule has 0 radical (unpaired) electrons. The molecule has 0 aromatic carbocycles. The molecule has 0 unspecified atom stereocenters. The Morgan fingerprint density at radius 1 is 1.41 bits per heavy atom. The molecule has 0 saturated heterocycles. The summed E-state index contributed by atoms with van der Waals surface area (Å²) in [6.07, 6.45) is 1.22. The van der Waals surface area contributed by atoms with Gasteiger partial charge in [-0.05, 0) is 34.0 Å². The molecule has 0 saturated carbocycles. The standard InChI is InChI=1S/C12H21N3O2/c1-9-11(17-10(2)14-9)8-12(16)13-6-5-7-15(3)4/h5-8H2,1-4H3,(H,13,16). The highest BCUT2D eigenvalue weighted by Gasteiger charge is 2.11. The maximum Gasteiger partial charge on any atom is 0.227 e. The first-order chi connectivity index (χ1) is 7.99. The lowest BCUT2D eigenvalue weighted by molar-refractivity contribution is -0.120. The second kappa shape index (κ2) is 6.39. The summed E-state index contributed by atoms with van der Waals surface area (Å²) in [4.78, 5) is 17.8. The third-order valence-corrected chi connectivity index (χ3v) is 2.42. The molecule has 0 aliphatic rings. The summed E-state index contributed by atoms with van der Waals surface area (Å²) in [6.45, 7) is 5.31. The predicted octanol–water partition coefficient (Wildman–Crippen LogP) is 0.902. The molecule has 0 aliphatic heterocycles. The van der Waals surface area contributed by atoms with Crippen molar-refractivity contribution in [1.82, 2.24) is 15.2 Å². The molecule has 0 aliphatic carbocycles. The monoisotopic (exact) mass is 239 g/mol. The number of nitrogens with one attached hydrogen (secondary N) is 1. The first-order valence-electron chi connectivity index (χ1n) is 5.83. The minimum atomic E-state index is -0.0111. The zero-order valence-electron chi connectivity index (χ0n) is 11.0. The van der Waals surface area contributed by atoms with Crippen molar-refractivity contribution in [2.75, 3.05) is 27.2 Å². The van der Waals surface area contributed by atoms with Crippen LogP contribution in [0.5, 0.6) is 0 Å². The maximum absolute atomic E-state index is 11.6. The number of hydrogen-bond donors (Lipinski definition) is 1. The van der Waals surface area contributed by atoms with E-state index in [9.17, 15) is 4.79 Å². The van der Waals surface area contributed by atoms with Crippen LogP contribution in [-0.4, -0.2) is 43.0 Å². The van der Waals surface area contributed by atoms with Crippen molar-refractivity contribution in [3.63, 3.8) is 0 Å². The lowest BCUT2D eigenvalue weighted by atomic mass is 10.2. The molecule has 17 heavy (non-hydrogen) atoms. The van der Waals surface area contributed by atoms with Crippen LogP contribution in [0.1, 0.15) is 23.8 Å². The van der Waals surface area contributed by atoms with Crippen molar-refractivity contribution in [3.8, 4) is 0 Å². The summed E-state index contributed by atoms with van der Waals surface area (Å²) in [5, 5.41) is 2.87. The zero-order valence-corrected chi connectivity index (χ0v) is 11.0. The number of aromatic nitrogens is 1. The summed E-state index contributed by atoms with van der Waals surface area (Å²) < 4.78 is 5.35. The molecule has 1 aromatic heterocycles. The quantitative estimate of drug-likeness (QED) is 0.749. The van der Waals surface area contributed by atoms with Crippen LogP contribution >= 0.6 is 0 Å². The van der Waals surface area contributed by atoms with E-state index >= 15 is 0 Å². The summed E-state index contributed by atoms with van der Waals surface area (Å²) in [5.41, 5.74) is 0.797. The van der Waals surface area contributed by atoms with Gasteiger partial charge in [-0.15, -0.1) is 0 Å². The number of rotatable bonds is 6. The van der Waals surface area contributed by atoms with Gasteiger partial charge in [-0.25, -0.2) is 4.98 Å². The average molecular weight is 239 g/mol. The number of amides is 1. The van der Waals surface area contributed by atoms with Crippen LogP contribution in [0, 0.1) is 13.8 Å². The van der Waals surface area contributed by atoms with Gasteiger partial charge < -0.3 is 14.6 Å². The van der Waals surface area contributed by atoms with Crippen LogP contribution in [0.15, 0.2) is 4.42 Å². The Labute approximate surface area is 102 Å². The van der Waals surface area contributed by atoms with Crippen molar-refractivity contribution in [3.05, 3.63) is 17.3 Å². The van der Waals surface area contributed by atoms with Crippen LogP contribution in [-0.2, 0) is 11.2 Å². The molecule has 1 N–H and O–H groups in total. The maximum atomic E-state index is 11.6. The van der Waals surface area contributed by atoms with Crippen LogP contribution in [0.2, 0.25) is 0 Å².